The lowest BCUT2D eigenvalue weighted by atomic mass is 10.2. The van der Waals surface area contributed by atoms with Crippen molar-refractivity contribution in [3.63, 3.8) is 0 Å². The predicted octanol–water partition coefficient (Wildman–Crippen LogP) is 3.45. The molecule has 1 amide bonds. The molecule has 2 aromatic carbocycles. The van der Waals surface area contributed by atoms with Crippen molar-refractivity contribution in [2.45, 2.75) is 11.4 Å². The van der Waals surface area contributed by atoms with Gasteiger partial charge < -0.3 is 14.8 Å². The molecule has 1 saturated heterocycles. The van der Waals surface area contributed by atoms with Crippen LogP contribution in [0.1, 0.15) is 11.1 Å². The maximum absolute atomic E-state index is 12.2. The lowest BCUT2D eigenvalue weighted by Crippen LogP contribution is -2.38. The molecule has 1 N–H and O–H groups in total. The van der Waals surface area contributed by atoms with Gasteiger partial charge in [-0.3, -0.25) is 9.69 Å². The Morgan fingerprint density at radius 2 is 1.93 bits per heavy atom. The van der Waals surface area contributed by atoms with Crippen LogP contribution in [-0.2, 0) is 16.1 Å². The number of morpholine rings is 1. The number of para-hydroxylation sites is 1. The number of carbonyl (C=O) groups is 1. The number of thioether (sulfide) groups is 1. The van der Waals surface area contributed by atoms with E-state index in [2.05, 4.69) is 10.2 Å². The largest absolute Gasteiger partial charge is 0.492 e. The standard InChI is InChI=1S/C23H28N2O3S/c1-29-21-9-6-19(7-10-21)8-11-23(26)24-18-20-4-2-3-5-22(20)28-17-14-25-12-15-27-16-13-25/h2-11H,12-18H2,1H3,(H,24,26)/b11-8+. The van der Waals surface area contributed by atoms with Crippen molar-refractivity contribution in [3.8, 4) is 5.75 Å². The molecule has 0 saturated carbocycles. The number of benzene rings is 2. The maximum Gasteiger partial charge on any atom is 0.244 e. The summed E-state index contributed by atoms with van der Waals surface area (Å²) in [7, 11) is 0. The number of ether oxygens (including phenoxy) is 2. The van der Waals surface area contributed by atoms with Gasteiger partial charge in [-0.1, -0.05) is 30.3 Å². The number of rotatable bonds is 9. The van der Waals surface area contributed by atoms with E-state index in [9.17, 15) is 4.79 Å². The normalized spacial score (nSPS) is 14.8. The van der Waals surface area contributed by atoms with Crippen molar-refractivity contribution in [1.29, 1.82) is 0 Å². The molecule has 0 aliphatic carbocycles. The molecule has 0 unspecified atom stereocenters. The van der Waals surface area contributed by atoms with Crippen LogP contribution >= 0.6 is 11.8 Å². The molecular weight excluding hydrogens is 384 g/mol. The Morgan fingerprint density at radius 3 is 2.69 bits per heavy atom. The van der Waals surface area contributed by atoms with E-state index in [0.29, 0.717) is 13.2 Å². The van der Waals surface area contributed by atoms with E-state index < -0.39 is 0 Å². The third kappa shape index (κ3) is 7.24. The van der Waals surface area contributed by atoms with Gasteiger partial charge in [0.2, 0.25) is 5.91 Å². The van der Waals surface area contributed by atoms with E-state index in [0.717, 1.165) is 49.7 Å². The minimum atomic E-state index is -0.123. The quantitative estimate of drug-likeness (QED) is 0.505. The fraction of sp³-hybridized carbons (Fsp3) is 0.348. The van der Waals surface area contributed by atoms with Gasteiger partial charge in [0.15, 0.2) is 0 Å². The molecule has 0 bridgehead atoms. The van der Waals surface area contributed by atoms with Gasteiger partial charge in [-0.15, -0.1) is 11.8 Å². The van der Waals surface area contributed by atoms with Crippen LogP contribution in [0, 0.1) is 0 Å². The second-order valence-corrected chi connectivity index (χ2v) is 7.61. The molecule has 1 aliphatic heterocycles. The monoisotopic (exact) mass is 412 g/mol. The fourth-order valence-electron chi connectivity index (χ4n) is 3.03. The smallest absolute Gasteiger partial charge is 0.244 e. The number of carbonyl (C=O) groups excluding carboxylic acids is 1. The van der Waals surface area contributed by atoms with Gasteiger partial charge in [-0.2, -0.15) is 0 Å². The van der Waals surface area contributed by atoms with E-state index in [4.69, 9.17) is 9.47 Å². The Hall–Kier alpha value is -2.28. The molecule has 1 fully saturated rings. The van der Waals surface area contributed by atoms with Crippen LogP contribution in [0.4, 0.5) is 0 Å². The maximum atomic E-state index is 12.2. The number of hydrogen-bond acceptors (Lipinski definition) is 5. The average molecular weight is 413 g/mol. The summed E-state index contributed by atoms with van der Waals surface area (Å²) in [5.74, 6) is 0.694. The lowest BCUT2D eigenvalue weighted by molar-refractivity contribution is -0.116. The highest BCUT2D eigenvalue weighted by Gasteiger charge is 2.10. The number of hydrogen-bond donors (Lipinski definition) is 1. The minimum absolute atomic E-state index is 0.123. The van der Waals surface area contributed by atoms with Crippen molar-refractivity contribution in [3.05, 3.63) is 65.7 Å². The van der Waals surface area contributed by atoms with Crippen molar-refractivity contribution in [2.24, 2.45) is 0 Å². The number of amides is 1. The topological polar surface area (TPSA) is 50.8 Å². The molecule has 2 aromatic rings. The van der Waals surface area contributed by atoms with Gasteiger partial charge in [0.1, 0.15) is 12.4 Å². The summed E-state index contributed by atoms with van der Waals surface area (Å²) in [5.41, 5.74) is 1.98. The molecule has 6 heteroatoms. The van der Waals surface area contributed by atoms with Crippen LogP contribution in [0.5, 0.6) is 5.75 Å². The number of nitrogens with zero attached hydrogens (tertiary/aromatic N) is 1. The van der Waals surface area contributed by atoms with Crippen LogP contribution in [-0.4, -0.2) is 56.5 Å². The third-order valence-electron chi connectivity index (χ3n) is 4.74. The third-order valence-corrected chi connectivity index (χ3v) is 5.48. The van der Waals surface area contributed by atoms with Crippen LogP contribution in [0.2, 0.25) is 0 Å². The van der Waals surface area contributed by atoms with Crippen molar-refractivity contribution in [2.75, 3.05) is 45.7 Å². The summed E-state index contributed by atoms with van der Waals surface area (Å²) in [6.45, 7) is 5.41. The van der Waals surface area contributed by atoms with Crippen LogP contribution < -0.4 is 10.1 Å². The Bertz CT molecular complexity index is 802. The van der Waals surface area contributed by atoms with Gasteiger partial charge in [0.25, 0.3) is 0 Å². The van der Waals surface area contributed by atoms with Crippen LogP contribution in [0.15, 0.2) is 59.5 Å². The summed E-state index contributed by atoms with van der Waals surface area (Å²) < 4.78 is 11.3. The molecule has 0 radical (unpaired) electrons. The molecule has 0 atom stereocenters. The number of nitrogens with one attached hydrogen (secondary N) is 1. The first-order chi connectivity index (χ1) is 14.2. The van der Waals surface area contributed by atoms with E-state index in [-0.39, 0.29) is 5.91 Å². The van der Waals surface area contributed by atoms with Crippen molar-refractivity contribution < 1.29 is 14.3 Å². The van der Waals surface area contributed by atoms with E-state index >= 15 is 0 Å². The minimum Gasteiger partial charge on any atom is -0.492 e. The SMILES string of the molecule is CSc1ccc(/C=C/C(=O)NCc2ccccc2OCCN2CCOCC2)cc1. The first-order valence-electron chi connectivity index (χ1n) is 9.85. The fourth-order valence-corrected chi connectivity index (χ4v) is 3.44. The molecule has 1 heterocycles. The van der Waals surface area contributed by atoms with Crippen LogP contribution in [0.25, 0.3) is 6.08 Å². The highest BCUT2D eigenvalue weighted by atomic mass is 32.2. The van der Waals surface area contributed by atoms with Crippen molar-refractivity contribution in [1.82, 2.24) is 10.2 Å². The molecular formula is C23H28N2O3S. The molecule has 5 nitrogen and oxygen atoms in total. The summed E-state index contributed by atoms with van der Waals surface area (Å²) in [6.07, 6.45) is 5.43. The zero-order chi connectivity index (χ0) is 20.3. The Labute approximate surface area is 177 Å². The highest BCUT2D eigenvalue weighted by Crippen LogP contribution is 2.18. The van der Waals surface area contributed by atoms with E-state index in [1.165, 1.54) is 4.90 Å². The zero-order valence-corrected chi connectivity index (χ0v) is 17.6. The summed E-state index contributed by atoms with van der Waals surface area (Å²) >= 11 is 1.70. The second kappa shape index (κ2) is 11.7. The first-order valence-corrected chi connectivity index (χ1v) is 11.1. The second-order valence-electron chi connectivity index (χ2n) is 6.73. The van der Waals surface area contributed by atoms with Crippen LogP contribution in [0.3, 0.4) is 0 Å². The molecule has 1 aliphatic rings. The highest BCUT2D eigenvalue weighted by molar-refractivity contribution is 7.98. The lowest BCUT2D eigenvalue weighted by Gasteiger charge is -2.26. The van der Waals surface area contributed by atoms with Gasteiger partial charge >= 0.3 is 0 Å². The molecule has 0 spiro atoms. The average Bonchev–Trinajstić information content (AvgIpc) is 2.78. The molecule has 3 rings (SSSR count). The first kappa shape index (κ1) is 21.4. The van der Waals surface area contributed by atoms with Gasteiger partial charge in [0.05, 0.1) is 13.2 Å². The van der Waals surface area contributed by atoms with Gasteiger partial charge in [-0.05, 0) is 36.1 Å². The summed E-state index contributed by atoms with van der Waals surface area (Å²) in [5, 5.41) is 2.94. The molecule has 29 heavy (non-hydrogen) atoms. The Kier molecular flexibility index (Phi) is 8.61. The van der Waals surface area contributed by atoms with Crippen molar-refractivity contribution >= 4 is 23.7 Å². The summed E-state index contributed by atoms with van der Waals surface area (Å²) in [6, 6.07) is 16.0. The Morgan fingerprint density at radius 1 is 1.17 bits per heavy atom. The summed E-state index contributed by atoms with van der Waals surface area (Å²) in [4.78, 5) is 15.7. The predicted molar refractivity (Wildman–Crippen MR) is 118 cm³/mol. The van der Waals surface area contributed by atoms with Gasteiger partial charge in [-0.25, -0.2) is 0 Å². The zero-order valence-electron chi connectivity index (χ0n) is 16.8. The van der Waals surface area contributed by atoms with Gasteiger partial charge in [0, 0.05) is 42.7 Å². The molecule has 0 aromatic heterocycles. The molecule has 154 valence electrons. The Balaban J connectivity index is 1.46. The van der Waals surface area contributed by atoms with E-state index in [1.54, 1.807) is 17.8 Å². The van der Waals surface area contributed by atoms with E-state index in [1.807, 2.05) is 60.9 Å².